The minimum absolute atomic E-state index is 0.0517. The fourth-order valence-corrected chi connectivity index (χ4v) is 6.47. The van der Waals surface area contributed by atoms with Crippen molar-refractivity contribution in [2.75, 3.05) is 6.54 Å². The summed E-state index contributed by atoms with van der Waals surface area (Å²) in [6.45, 7) is 7.24. The summed E-state index contributed by atoms with van der Waals surface area (Å²) in [5.41, 5.74) is 6.15. The number of nitrogens with two attached hydrogens (primary N) is 1. The van der Waals surface area contributed by atoms with Crippen molar-refractivity contribution in [2.45, 2.75) is 61.3 Å². The van der Waals surface area contributed by atoms with Crippen LogP contribution in [0.15, 0.2) is 53.4 Å². The monoisotopic (exact) mass is 464 g/mol. The second-order valence-electron chi connectivity index (χ2n) is 8.86. The molecule has 31 heavy (non-hydrogen) atoms. The molecule has 3 unspecified atom stereocenters. The van der Waals surface area contributed by atoms with E-state index in [0.717, 1.165) is 17.5 Å². The molecule has 1 fully saturated rings. The van der Waals surface area contributed by atoms with Crippen molar-refractivity contribution in [3.8, 4) is 0 Å². The zero-order chi connectivity index (χ0) is 23.0. The highest BCUT2D eigenvalue weighted by molar-refractivity contribution is 7.92. The number of rotatable bonds is 6. The third-order valence-electron chi connectivity index (χ3n) is 5.55. The van der Waals surface area contributed by atoms with Crippen LogP contribution in [0.4, 0.5) is 4.79 Å². The molecule has 6 nitrogen and oxygen atoms in total. The van der Waals surface area contributed by atoms with E-state index < -0.39 is 38.2 Å². The van der Waals surface area contributed by atoms with Crippen LogP contribution in [0.5, 0.6) is 0 Å². The molecular formula is C23H29ClN2O4S. The zero-order valence-electron chi connectivity index (χ0n) is 18.2. The first kappa shape index (κ1) is 23.6. The minimum atomic E-state index is -3.81. The van der Waals surface area contributed by atoms with E-state index in [0.29, 0.717) is 5.02 Å². The SMILES string of the molecule is CCc1ccc(C2C(S(=O)(=O)c3ccc(Cl)cc3)C2(CN)NC(=O)OC(C)(C)C)cc1. The van der Waals surface area contributed by atoms with Crippen molar-refractivity contribution in [3.05, 3.63) is 64.7 Å². The maximum atomic E-state index is 13.6. The van der Waals surface area contributed by atoms with E-state index >= 15 is 0 Å². The molecule has 3 atom stereocenters. The van der Waals surface area contributed by atoms with Crippen molar-refractivity contribution in [3.63, 3.8) is 0 Å². The smallest absolute Gasteiger partial charge is 0.408 e. The predicted molar refractivity (Wildman–Crippen MR) is 122 cm³/mol. The molecule has 0 aliphatic heterocycles. The lowest BCUT2D eigenvalue weighted by Gasteiger charge is -2.24. The van der Waals surface area contributed by atoms with Crippen LogP contribution in [0, 0.1) is 0 Å². The Hall–Kier alpha value is -2.09. The second kappa shape index (κ2) is 8.45. The van der Waals surface area contributed by atoms with Gasteiger partial charge in [-0.15, -0.1) is 0 Å². The molecule has 0 heterocycles. The van der Waals surface area contributed by atoms with E-state index in [9.17, 15) is 13.2 Å². The van der Waals surface area contributed by atoms with Gasteiger partial charge in [-0.3, -0.25) is 0 Å². The summed E-state index contributed by atoms with van der Waals surface area (Å²) >= 11 is 5.94. The quantitative estimate of drug-likeness (QED) is 0.671. The van der Waals surface area contributed by atoms with E-state index in [1.165, 1.54) is 24.3 Å². The first-order chi connectivity index (χ1) is 14.4. The molecule has 8 heteroatoms. The Bertz CT molecular complexity index is 1050. The number of sulfone groups is 1. The summed E-state index contributed by atoms with van der Waals surface area (Å²) in [5, 5.41) is 2.31. The van der Waals surface area contributed by atoms with E-state index in [1.807, 2.05) is 31.2 Å². The van der Waals surface area contributed by atoms with Gasteiger partial charge >= 0.3 is 6.09 Å². The summed E-state index contributed by atoms with van der Waals surface area (Å²) in [7, 11) is -3.81. The van der Waals surface area contributed by atoms with Gasteiger partial charge in [-0.2, -0.15) is 0 Å². The Morgan fingerprint density at radius 1 is 1.13 bits per heavy atom. The second-order valence-corrected chi connectivity index (χ2v) is 11.4. The van der Waals surface area contributed by atoms with E-state index in [-0.39, 0.29) is 11.4 Å². The van der Waals surface area contributed by atoms with Gasteiger partial charge in [-0.1, -0.05) is 42.8 Å². The van der Waals surface area contributed by atoms with Crippen LogP contribution >= 0.6 is 11.6 Å². The molecule has 1 amide bonds. The Morgan fingerprint density at radius 2 is 1.71 bits per heavy atom. The van der Waals surface area contributed by atoms with Crippen molar-refractivity contribution in [1.82, 2.24) is 5.32 Å². The molecule has 0 spiro atoms. The lowest BCUT2D eigenvalue weighted by molar-refractivity contribution is 0.0497. The molecule has 3 rings (SSSR count). The first-order valence-electron chi connectivity index (χ1n) is 10.2. The molecule has 2 aromatic carbocycles. The van der Waals surface area contributed by atoms with Crippen molar-refractivity contribution < 1.29 is 17.9 Å². The summed E-state index contributed by atoms with van der Waals surface area (Å²) in [6, 6.07) is 13.8. The number of ether oxygens (including phenoxy) is 1. The molecule has 3 N–H and O–H groups in total. The fourth-order valence-electron chi connectivity index (χ4n) is 4.00. The number of aryl methyl sites for hydroxylation is 1. The largest absolute Gasteiger partial charge is 0.444 e. The molecule has 0 aromatic heterocycles. The topological polar surface area (TPSA) is 98.5 Å². The number of halogens is 1. The van der Waals surface area contributed by atoms with Crippen LogP contribution in [-0.2, 0) is 21.0 Å². The van der Waals surface area contributed by atoms with E-state index in [4.69, 9.17) is 22.1 Å². The summed E-state index contributed by atoms with van der Waals surface area (Å²) in [4.78, 5) is 12.7. The van der Waals surface area contributed by atoms with Gasteiger partial charge in [0.05, 0.1) is 10.4 Å². The average molecular weight is 465 g/mol. The number of hydrogen-bond acceptors (Lipinski definition) is 5. The van der Waals surface area contributed by atoms with Crippen LogP contribution in [-0.4, -0.2) is 37.4 Å². The molecule has 1 aliphatic carbocycles. The maximum Gasteiger partial charge on any atom is 0.408 e. The average Bonchev–Trinajstić information content (AvgIpc) is 3.36. The lowest BCUT2D eigenvalue weighted by atomic mass is 10.0. The van der Waals surface area contributed by atoms with Crippen molar-refractivity contribution in [1.29, 1.82) is 0 Å². The summed E-state index contributed by atoms with van der Waals surface area (Å²) in [5.74, 6) is -0.503. The number of benzene rings is 2. The zero-order valence-corrected chi connectivity index (χ0v) is 19.8. The van der Waals surface area contributed by atoms with Gasteiger partial charge in [-0.25, -0.2) is 13.2 Å². The van der Waals surface area contributed by atoms with Crippen LogP contribution in [0.3, 0.4) is 0 Å². The first-order valence-corrected chi connectivity index (χ1v) is 12.2. The number of carbonyl (C=O) groups excluding carboxylic acids is 1. The van der Waals surface area contributed by atoms with Gasteiger partial charge < -0.3 is 15.8 Å². The van der Waals surface area contributed by atoms with E-state index in [2.05, 4.69) is 5.32 Å². The summed E-state index contributed by atoms with van der Waals surface area (Å²) < 4.78 is 32.5. The van der Waals surface area contributed by atoms with Crippen LogP contribution < -0.4 is 11.1 Å². The molecule has 2 aromatic rings. The number of hydrogen-bond donors (Lipinski definition) is 2. The molecule has 1 saturated carbocycles. The Morgan fingerprint density at radius 3 is 2.19 bits per heavy atom. The molecular weight excluding hydrogens is 436 g/mol. The Labute approximate surface area is 189 Å². The Balaban J connectivity index is 2.03. The predicted octanol–water partition coefficient (Wildman–Crippen LogP) is 4.06. The summed E-state index contributed by atoms with van der Waals surface area (Å²) in [6.07, 6.45) is 0.178. The third-order valence-corrected chi connectivity index (χ3v) is 8.09. The fraction of sp³-hybridized carbons (Fsp3) is 0.435. The highest BCUT2D eigenvalue weighted by atomic mass is 35.5. The van der Waals surface area contributed by atoms with Crippen LogP contribution in [0.2, 0.25) is 5.02 Å². The molecule has 0 bridgehead atoms. The van der Waals surface area contributed by atoms with Crippen LogP contribution in [0.1, 0.15) is 44.7 Å². The van der Waals surface area contributed by atoms with Crippen molar-refractivity contribution in [2.24, 2.45) is 5.73 Å². The minimum Gasteiger partial charge on any atom is -0.444 e. The number of alkyl carbamates (subject to hydrolysis) is 1. The highest BCUT2D eigenvalue weighted by Gasteiger charge is 2.71. The molecule has 1 aliphatic rings. The Kier molecular flexibility index (Phi) is 6.42. The molecule has 0 radical (unpaired) electrons. The van der Waals surface area contributed by atoms with Gasteiger partial charge in [-0.05, 0) is 62.6 Å². The lowest BCUT2D eigenvalue weighted by Crippen LogP contribution is -2.49. The van der Waals surface area contributed by atoms with Crippen LogP contribution in [0.25, 0.3) is 0 Å². The number of nitrogens with one attached hydrogen (secondary N) is 1. The maximum absolute atomic E-state index is 13.6. The van der Waals surface area contributed by atoms with Gasteiger partial charge in [0.2, 0.25) is 0 Å². The highest BCUT2D eigenvalue weighted by Crippen LogP contribution is 2.57. The van der Waals surface area contributed by atoms with Gasteiger partial charge in [0.25, 0.3) is 0 Å². The molecule has 168 valence electrons. The van der Waals surface area contributed by atoms with Gasteiger partial charge in [0, 0.05) is 17.5 Å². The standard InChI is InChI=1S/C23H29ClN2O4S/c1-5-15-6-8-16(9-7-15)19-20(31(28,29)18-12-10-17(24)11-13-18)23(19,14-25)26-21(27)30-22(2,3)4/h6-13,19-20H,5,14,25H2,1-4H3,(H,26,27). The van der Waals surface area contributed by atoms with Crippen molar-refractivity contribution >= 4 is 27.5 Å². The normalized spacial score (nSPS) is 23.3. The third kappa shape index (κ3) is 4.73. The number of carbonyl (C=O) groups is 1. The van der Waals surface area contributed by atoms with E-state index in [1.54, 1.807) is 20.8 Å². The number of amides is 1. The van der Waals surface area contributed by atoms with Gasteiger partial charge in [0.1, 0.15) is 10.9 Å². The van der Waals surface area contributed by atoms with Gasteiger partial charge in [0.15, 0.2) is 9.84 Å². The molecule has 0 saturated heterocycles.